The molecule has 1 saturated heterocycles. The van der Waals surface area contributed by atoms with Gasteiger partial charge >= 0.3 is 0 Å². The molecule has 4 nitrogen and oxygen atoms in total. The van der Waals surface area contributed by atoms with Crippen LogP contribution in [0.4, 0.5) is 0 Å². The molecule has 6 heteroatoms. The second-order valence-corrected chi connectivity index (χ2v) is 10.2. The maximum Gasteiger partial charge on any atom is 0.247 e. The van der Waals surface area contributed by atoms with Crippen molar-refractivity contribution >= 4 is 44.2 Å². The van der Waals surface area contributed by atoms with Gasteiger partial charge in [-0.2, -0.15) is 0 Å². The number of carbonyl (C=O) groups excluding carboxylic acids is 1. The molecular weight excluding hydrogens is 418 g/mol. The molecule has 0 spiro atoms. The minimum atomic E-state index is -3.12. The molecule has 4 rings (SSSR count). The van der Waals surface area contributed by atoms with Gasteiger partial charge in [-0.1, -0.05) is 72.3 Å². The van der Waals surface area contributed by atoms with Crippen molar-refractivity contribution in [3.63, 3.8) is 0 Å². The molecule has 3 aromatic rings. The number of benzene rings is 3. The highest BCUT2D eigenvalue weighted by molar-refractivity contribution is 7.91. The molecule has 1 heterocycles. The molecule has 1 aliphatic heterocycles. The maximum atomic E-state index is 13.2. The van der Waals surface area contributed by atoms with Crippen LogP contribution < -0.4 is 0 Å². The molecule has 0 aromatic heterocycles. The van der Waals surface area contributed by atoms with Gasteiger partial charge in [-0.05, 0) is 40.5 Å². The molecule has 1 atom stereocenters. The van der Waals surface area contributed by atoms with E-state index in [2.05, 4.69) is 0 Å². The van der Waals surface area contributed by atoms with Crippen LogP contribution in [-0.4, -0.2) is 36.8 Å². The van der Waals surface area contributed by atoms with Gasteiger partial charge in [0.05, 0.1) is 11.5 Å². The third-order valence-corrected chi connectivity index (χ3v) is 7.56. The third kappa shape index (κ3) is 4.58. The Balaban J connectivity index is 1.66. The molecule has 1 unspecified atom stereocenters. The average molecular weight is 440 g/mol. The van der Waals surface area contributed by atoms with Crippen molar-refractivity contribution in [2.75, 3.05) is 11.5 Å². The molecule has 1 fully saturated rings. The Labute approximate surface area is 181 Å². The first-order valence-electron chi connectivity index (χ1n) is 9.83. The Morgan fingerprint density at radius 1 is 1.03 bits per heavy atom. The summed E-state index contributed by atoms with van der Waals surface area (Å²) >= 11 is 6.19. The number of fused-ring (bicyclic) bond motifs is 1. The molecule has 0 aliphatic carbocycles. The lowest BCUT2D eigenvalue weighted by Crippen LogP contribution is -2.39. The zero-order valence-electron chi connectivity index (χ0n) is 16.4. The van der Waals surface area contributed by atoms with Crippen LogP contribution in [0.2, 0.25) is 5.02 Å². The lowest BCUT2D eigenvalue weighted by atomic mass is 10.0. The topological polar surface area (TPSA) is 54.5 Å². The predicted octanol–water partition coefficient (Wildman–Crippen LogP) is 4.72. The zero-order chi connectivity index (χ0) is 21.1. The fourth-order valence-corrected chi connectivity index (χ4v) is 5.82. The van der Waals surface area contributed by atoms with Gasteiger partial charge in [-0.25, -0.2) is 8.42 Å². The van der Waals surface area contributed by atoms with E-state index < -0.39 is 9.84 Å². The molecule has 0 saturated carbocycles. The van der Waals surface area contributed by atoms with Gasteiger partial charge in [0.25, 0.3) is 0 Å². The number of nitrogens with zero attached hydrogens (tertiary/aromatic N) is 1. The van der Waals surface area contributed by atoms with Crippen LogP contribution in [0.25, 0.3) is 16.8 Å². The van der Waals surface area contributed by atoms with Crippen LogP contribution >= 0.6 is 11.6 Å². The number of carbonyl (C=O) groups is 1. The quantitative estimate of drug-likeness (QED) is 0.540. The van der Waals surface area contributed by atoms with Crippen molar-refractivity contribution in [2.24, 2.45) is 0 Å². The van der Waals surface area contributed by atoms with E-state index in [4.69, 9.17) is 11.6 Å². The standard InChI is InChI=1S/C24H22ClNO3S/c25-23-11-4-2-7-19(23)12-13-24(27)26(21-14-15-30(28,29)17-21)16-20-9-5-8-18-6-1-3-10-22(18)20/h1-13,21H,14-17H2. The minimum absolute atomic E-state index is 0.00341. The van der Waals surface area contributed by atoms with Crippen molar-refractivity contribution < 1.29 is 13.2 Å². The van der Waals surface area contributed by atoms with E-state index in [1.54, 1.807) is 17.0 Å². The van der Waals surface area contributed by atoms with E-state index in [1.807, 2.05) is 60.7 Å². The summed E-state index contributed by atoms with van der Waals surface area (Å²) in [5.41, 5.74) is 1.74. The summed E-state index contributed by atoms with van der Waals surface area (Å²) in [7, 11) is -3.12. The molecule has 0 bridgehead atoms. The number of halogens is 1. The molecule has 3 aromatic carbocycles. The second kappa shape index (κ2) is 8.62. The number of hydrogen-bond donors (Lipinski definition) is 0. The predicted molar refractivity (Wildman–Crippen MR) is 122 cm³/mol. The molecule has 0 radical (unpaired) electrons. The Morgan fingerprint density at radius 2 is 1.77 bits per heavy atom. The number of sulfone groups is 1. The lowest BCUT2D eigenvalue weighted by Gasteiger charge is -2.28. The van der Waals surface area contributed by atoms with Crippen molar-refractivity contribution in [3.05, 3.63) is 89.0 Å². The normalized spacial score (nSPS) is 18.1. The van der Waals surface area contributed by atoms with Crippen LogP contribution in [0.15, 0.2) is 72.8 Å². The molecule has 1 aliphatic rings. The summed E-state index contributed by atoms with van der Waals surface area (Å²) in [5.74, 6) is -0.0979. The van der Waals surface area contributed by atoms with Crippen LogP contribution in [0.5, 0.6) is 0 Å². The summed E-state index contributed by atoms with van der Waals surface area (Å²) in [6, 6.07) is 20.9. The van der Waals surface area contributed by atoms with Crippen molar-refractivity contribution in [1.29, 1.82) is 0 Å². The van der Waals surface area contributed by atoms with E-state index in [-0.39, 0.29) is 23.5 Å². The first-order valence-corrected chi connectivity index (χ1v) is 12.0. The summed E-state index contributed by atoms with van der Waals surface area (Å²) in [6.45, 7) is 0.354. The molecular formula is C24H22ClNO3S. The van der Waals surface area contributed by atoms with Gasteiger partial charge < -0.3 is 4.90 Å². The first kappa shape index (κ1) is 20.6. The average Bonchev–Trinajstić information content (AvgIpc) is 3.10. The van der Waals surface area contributed by atoms with Crippen molar-refractivity contribution in [1.82, 2.24) is 4.90 Å². The maximum absolute atomic E-state index is 13.2. The summed E-state index contributed by atoms with van der Waals surface area (Å²) < 4.78 is 24.2. The minimum Gasteiger partial charge on any atom is -0.331 e. The Kier molecular flexibility index (Phi) is 5.93. The van der Waals surface area contributed by atoms with Gasteiger partial charge in [-0.3, -0.25) is 4.79 Å². The highest BCUT2D eigenvalue weighted by atomic mass is 35.5. The van der Waals surface area contributed by atoms with E-state index in [9.17, 15) is 13.2 Å². The Hall–Kier alpha value is -2.63. The summed E-state index contributed by atoms with van der Waals surface area (Å²) in [6.07, 6.45) is 3.63. The van der Waals surface area contributed by atoms with Gasteiger partial charge in [-0.15, -0.1) is 0 Å². The van der Waals surface area contributed by atoms with Crippen LogP contribution in [0, 0.1) is 0 Å². The molecule has 1 amide bonds. The lowest BCUT2D eigenvalue weighted by molar-refractivity contribution is -0.128. The molecule has 154 valence electrons. The van der Waals surface area contributed by atoms with E-state index in [0.29, 0.717) is 18.0 Å². The van der Waals surface area contributed by atoms with Gasteiger partial charge in [0, 0.05) is 23.7 Å². The largest absolute Gasteiger partial charge is 0.331 e. The molecule has 30 heavy (non-hydrogen) atoms. The van der Waals surface area contributed by atoms with Gasteiger partial charge in [0.15, 0.2) is 9.84 Å². The van der Waals surface area contributed by atoms with Crippen LogP contribution in [0.3, 0.4) is 0 Å². The summed E-state index contributed by atoms with van der Waals surface area (Å²) in [5, 5.41) is 2.72. The number of hydrogen-bond acceptors (Lipinski definition) is 3. The summed E-state index contributed by atoms with van der Waals surface area (Å²) in [4.78, 5) is 14.8. The highest BCUT2D eigenvalue weighted by Crippen LogP contribution is 2.25. The SMILES string of the molecule is O=C(C=Cc1ccccc1Cl)N(Cc1cccc2ccccc12)C1CCS(=O)(=O)C1. The van der Waals surface area contributed by atoms with Crippen LogP contribution in [0.1, 0.15) is 17.5 Å². The first-order chi connectivity index (χ1) is 14.4. The van der Waals surface area contributed by atoms with Crippen LogP contribution in [-0.2, 0) is 21.2 Å². The second-order valence-electron chi connectivity index (χ2n) is 7.52. The zero-order valence-corrected chi connectivity index (χ0v) is 17.9. The number of rotatable bonds is 5. The van der Waals surface area contributed by atoms with E-state index >= 15 is 0 Å². The Morgan fingerprint density at radius 3 is 2.53 bits per heavy atom. The smallest absolute Gasteiger partial charge is 0.247 e. The Bertz CT molecular complexity index is 1210. The fourth-order valence-electron chi connectivity index (χ4n) is 3.89. The van der Waals surface area contributed by atoms with Crippen molar-refractivity contribution in [2.45, 2.75) is 19.0 Å². The van der Waals surface area contributed by atoms with E-state index in [1.165, 1.54) is 6.08 Å². The van der Waals surface area contributed by atoms with Crippen molar-refractivity contribution in [3.8, 4) is 0 Å². The highest BCUT2D eigenvalue weighted by Gasteiger charge is 2.34. The monoisotopic (exact) mass is 439 g/mol. The van der Waals surface area contributed by atoms with Gasteiger partial charge in [0.1, 0.15) is 0 Å². The van der Waals surface area contributed by atoms with E-state index in [0.717, 1.165) is 21.9 Å². The van der Waals surface area contributed by atoms with Gasteiger partial charge in [0.2, 0.25) is 5.91 Å². The third-order valence-electron chi connectivity index (χ3n) is 5.46. The molecule has 0 N–H and O–H groups in total. The fraction of sp³-hybridized carbons (Fsp3) is 0.208. The number of amides is 1.